The molecule has 4 aromatic rings. The highest BCUT2D eigenvalue weighted by molar-refractivity contribution is 7.48. The number of benzene rings is 3. The van der Waals surface area contributed by atoms with Crippen molar-refractivity contribution in [2.75, 3.05) is 6.54 Å². The number of nitrogens with zero attached hydrogens (tertiary/aromatic N) is 1. The molecule has 254 valence electrons. The Hall–Kier alpha value is -4.32. The average Bonchev–Trinajstić information content (AvgIpc) is 3.44. The Morgan fingerprint density at radius 2 is 1.58 bits per heavy atom. The second kappa shape index (κ2) is 15.7. The molecular weight excluding hydrogens is 637 g/mol. The number of nitrogens with one attached hydrogen (secondary N) is 2. The van der Waals surface area contributed by atoms with Crippen LogP contribution in [0.4, 0.5) is 0 Å². The first kappa shape index (κ1) is 35.0. The minimum atomic E-state index is -4.08. The lowest BCUT2D eigenvalue weighted by Crippen LogP contribution is -2.38. The number of H-pyrrole nitrogens is 1. The average molecular weight is 678 g/mol. The molecule has 13 heteroatoms. The van der Waals surface area contributed by atoms with Crippen LogP contribution in [0, 0.1) is 13.8 Å². The molecule has 48 heavy (non-hydrogen) atoms. The number of phosphoric ester groups is 1. The topological polar surface area (TPSA) is 158 Å². The van der Waals surface area contributed by atoms with Crippen molar-refractivity contribution < 1.29 is 32.8 Å². The number of rotatable bonds is 14. The van der Waals surface area contributed by atoms with Gasteiger partial charge in [-0.05, 0) is 60.2 Å². The summed E-state index contributed by atoms with van der Waals surface area (Å²) < 4.78 is 38.4. The van der Waals surface area contributed by atoms with Gasteiger partial charge < -0.3 is 19.7 Å². The molecule has 1 aliphatic rings. The summed E-state index contributed by atoms with van der Waals surface area (Å²) in [7, 11) is -4.08. The van der Waals surface area contributed by atoms with Crippen LogP contribution in [0.2, 0.25) is 0 Å². The highest BCUT2D eigenvalue weighted by atomic mass is 31.2. The Balaban J connectivity index is 1.21. The van der Waals surface area contributed by atoms with E-state index in [4.69, 9.17) is 18.3 Å². The van der Waals surface area contributed by atoms with E-state index in [1.165, 1.54) is 10.8 Å². The Kier molecular flexibility index (Phi) is 11.5. The van der Waals surface area contributed by atoms with Gasteiger partial charge in [0.2, 0.25) is 5.91 Å². The first-order valence-corrected chi connectivity index (χ1v) is 17.2. The molecule has 1 fully saturated rings. The van der Waals surface area contributed by atoms with Crippen LogP contribution in [0.3, 0.4) is 0 Å². The zero-order valence-corrected chi connectivity index (χ0v) is 28.0. The Morgan fingerprint density at radius 1 is 1.00 bits per heavy atom. The molecule has 1 amide bonds. The van der Waals surface area contributed by atoms with Crippen LogP contribution >= 0.6 is 7.82 Å². The van der Waals surface area contributed by atoms with E-state index in [0.717, 1.165) is 27.8 Å². The van der Waals surface area contributed by atoms with Gasteiger partial charge in [-0.15, -0.1) is 0 Å². The van der Waals surface area contributed by atoms with E-state index in [1.54, 1.807) is 19.1 Å². The number of aliphatic hydroxyl groups excluding tert-OH is 1. The van der Waals surface area contributed by atoms with Crippen molar-refractivity contribution in [3.63, 3.8) is 0 Å². The highest BCUT2D eigenvalue weighted by Gasteiger charge is 2.36. The number of ether oxygens (including phenoxy) is 1. The van der Waals surface area contributed by atoms with Crippen LogP contribution in [0.1, 0.15) is 53.0 Å². The third kappa shape index (κ3) is 8.97. The van der Waals surface area contributed by atoms with Crippen LogP contribution in [-0.4, -0.2) is 39.3 Å². The van der Waals surface area contributed by atoms with Crippen molar-refractivity contribution in [2.24, 2.45) is 0 Å². The van der Waals surface area contributed by atoms with Gasteiger partial charge in [0.05, 0.1) is 25.7 Å². The lowest BCUT2D eigenvalue weighted by Gasteiger charge is -2.20. The quantitative estimate of drug-likeness (QED) is 0.162. The number of aliphatic hydroxyl groups is 1. The SMILES string of the molecule is CCc1cn([C@@H]2CC(O)[C@H](CNC(=O)Cc3c(C)cc(OP(=O)(OCc4ccccc4)OCc4ccccc4)cc3C)O2)c(=O)[nH]c1=O. The highest BCUT2D eigenvalue weighted by Crippen LogP contribution is 2.51. The molecule has 5 rings (SSSR count). The molecular formula is C35H40N3O9P. The van der Waals surface area contributed by atoms with E-state index in [1.807, 2.05) is 74.5 Å². The van der Waals surface area contributed by atoms with Crippen molar-refractivity contribution in [1.82, 2.24) is 14.9 Å². The molecule has 0 spiro atoms. The first-order chi connectivity index (χ1) is 23.0. The fourth-order valence-corrected chi connectivity index (χ4v) is 6.62. The van der Waals surface area contributed by atoms with Crippen molar-refractivity contribution >= 4 is 13.7 Å². The monoisotopic (exact) mass is 677 g/mol. The fourth-order valence-electron chi connectivity index (χ4n) is 5.46. The molecule has 1 aromatic heterocycles. The smallest absolute Gasteiger partial charge is 0.404 e. The fraction of sp³-hybridized carbons (Fsp3) is 0.343. The van der Waals surface area contributed by atoms with Gasteiger partial charge in [-0.2, -0.15) is 0 Å². The van der Waals surface area contributed by atoms with E-state index in [-0.39, 0.29) is 44.3 Å². The van der Waals surface area contributed by atoms with Crippen molar-refractivity contribution in [3.05, 3.63) is 133 Å². The van der Waals surface area contributed by atoms with Crippen molar-refractivity contribution in [3.8, 4) is 5.75 Å². The standard InChI is InChI=1S/C35H40N3O9P/c1-4-27-20-38(35(42)37-34(27)41)33-18-30(39)31(46-33)19-36-32(40)17-29-23(2)15-28(16-24(29)3)47-48(43,44-21-25-11-7-5-8-12-25)45-22-26-13-9-6-10-14-26/h5-16,20,30-31,33,39H,4,17-19,21-22H2,1-3H3,(H,36,40)(H,37,41,42)/t30?,31-,33-/m0/s1. The summed E-state index contributed by atoms with van der Waals surface area (Å²) in [6.45, 7) is 5.51. The van der Waals surface area contributed by atoms with Gasteiger partial charge in [-0.3, -0.25) is 28.2 Å². The molecule has 0 bridgehead atoms. The second-order valence-corrected chi connectivity index (χ2v) is 13.3. The van der Waals surface area contributed by atoms with E-state index >= 15 is 0 Å². The predicted octanol–water partition coefficient (Wildman–Crippen LogP) is 4.64. The number of hydrogen-bond acceptors (Lipinski definition) is 9. The minimum absolute atomic E-state index is 0.0185. The van der Waals surface area contributed by atoms with Crippen LogP contribution in [0.5, 0.6) is 5.75 Å². The van der Waals surface area contributed by atoms with Gasteiger partial charge >= 0.3 is 13.5 Å². The zero-order valence-electron chi connectivity index (χ0n) is 27.1. The van der Waals surface area contributed by atoms with Gasteiger partial charge in [0.1, 0.15) is 18.1 Å². The molecule has 0 aliphatic carbocycles. The molecule has 0 radical (unpaired) electrons. The van der Waals surface area contributed by atoms with E-state index < -0.39 is 37.5 Å². The normalized spacial score (nSPS) is 17.7. The maximum absolute atomic E-state index is 13.8. The Labute approximate surface area is 278 Å². The third-order valence-electron chi connectivity index (χ3n) is 8.13. The molecule has 3 atom stereocenters. The van der Waals surface area contributed by atoms with Gasteiger partial charge in [0.15, 0.2) is 0 Å². The summed E-state index contributed by atoms with van der Waals surface area (Å²) in [5.74, 6) is -0.0254. The van der Waals surface area contributed by atoms with Crippen LogP contribution in [0.15, 0.2) is 88.6 Å². The van der Waals surface area contributed by atoms with Gasteiger partial charge in [-0.1, -0.05) is 67.6 Å². The number of amides is 1. The van der Waals surface area contributed by atoms with E-state index in [2.05, 4.69) is 10.3 Å². The van der Waals surface area contributed by atoms with Crippen molar-refractivity contribution in [1.29, 1.82) is 0 Å². The maximum Gasteiger partial charge on any atom is 0.530 e. The number of carbonyl (C=O) groups is 1. The second-order valence-electron chi connectivity index (χ2n) is 11.7. The van der Waals surface area contributed by atoms with Gasteiger partial charge in [0.25, 0.3) is 5.56 Å². The minimum Gasteiger partial charge on any atom is -0.404 e. The number of hydrogen-bond donors (Lipinski definition) is 3. The molecule has 2 heterocycles. The summed E-state index contributed by atoms with van der Waals surface area (Å²) in [5, 5.41) is 13.4. The molecule has 12 nitrogen and oxygen atoms in total. The number of aromatic nitrogens is 2. The number of carbonyl (C=O) groups excluding carboxylic acids is 1. The summed E-state index contributed by atoms with van der Waals surface area (Å²) in [5.41, 5.74) is 3.18. The molecule has 1 saturated heterocycles. The van der Waals surface area contributed by atoms with E-state index in [9.17, 15) is 24.1 Å². The van der Waals surface area contributed by atoms with Gasteiger partial charge in [0, 0.05) is 24.7 Å². The molecule has 1 unspecified atom stereocenters. The largest absolute Gasteiger partial charge is 0.530 e. The van der Waals surface area contributed by atoms with Crippen LogP contribution < -0.4 is 21.1 Å². The van der Waals surface area contributed by atoms with Crippen LogP contribution in [0.25, 0.3) is 0 Å². The lowest BCUT2D eigenvalue weighted by atomic mass is 9.99. The van der Waals surface area contributed by atoms with Crippen molar-refractivity contribution in [2.45, 2.75) is 71.7 Å². The zero-order chi connectivity index (χ0) is 34.3. The third-order valence-corrected chi connectivity index (χ3v) is 9.45. The number of aromatic amines is 1. The molecule has 3 N–H and O–H groups in total. The number of aryl methyl sites for hydroxylation is 3. The predicted molar refractivity (Wildman–Crippen MR) is 179 cm³/mol. The summed E-state index contributed by atoms with van der Waals surface area (Å²) >= 11 is 0. The Bertz CT molecular complexity index is 1810. The molecule has 1 aliphatic heterocycles. The van der Waals surface area contributed by atoms with Gasteiger partial charge in [-0.25, -0.2) is 9.36 Å². The summed E-state index contributed by atoms with van der Waals surface area (Å²) in [6, 6.07) is 21.9. The number of phosphoric acid groups is 1. The summed E-state index contributed by atoms with van der Waals surface area (Å²) in [6.07, 6.45) is -0.413. The molecule has 0 saturated carbocycles. The first-order valence-electron chi connectivity index (χ1n) is 15.7. The lowest BCUT2D eigenvalue weighted by molar-refractivity contribution is -0.121. The maximum atomic E-state index is 13.8. The van der Waals surface area contributed by atoms with Crippen LogP contribution in [-0.2, 0) is 49.2 Å². The molecule has 3 aromatic carbocycles. The Morgan fingerprint density at radius 3 is 2.15 bits per heavy atom. The van der Waals surface area contributed by atoms with E-state index in [0.29, 0.717) is 12.0 Å². The summed E-state index contributed by atoms with van der Waals surface area (Å²) in [4.78, 5) is 39.6.